The average molecular weight is 967 g/mol. The first kappa shape index (κ1) is 43.3. The molecule has 0 aromatic heterocycles. The molecule has 1 N–H and O–H groups in total. The molecule has 3 rings (SSSR count). The lowest BCUT2D eigenvalue weighted by molar-refractivity contribution is -0.441. The van der Waals surface area contributed by atoms with Crippen molar-refractivity contribution in [3.8, 4) is 0 Å². The van der Waals surface area contributed by atoms with Crippen LogP contribution in [0.15, 0.2) is 42.7 Å². The smallest absolute Gasteiger partial charge is 0.281 e. The number of ether oxygens (including phenoxy) is 1. The van der Waals surface area contributed by atoms with Crippen molar-refractivity contribution in [1.82, 2.24) is 0 Å². The zero-order valence-electron chi connectivity index (χ0n) is 21.3. The molecule has 0 heterocycles. The molecule has 26 heteroatoms. The zero-order valence-corrected chi connectivity index (χ0v) is 32.2. The third-order valence-corrected chi connectivity index (χ3v) is 14.3. The van der Waals surface area contributed by atoms with E-state index in [1.807, 2.05) is 0 Å². The molecule has 0 saturated heterocycles. The molecule has 0 aliphatic carbocycles. The highest BCUT2D eigenvalue weighted by Crippen LogP contribution is 2.58. The molecular formula is C22H4Cl10F8O4S4. The van der Waals surface area contributed by atoms with Crippen LogP contribution in [0.2, 0.25) is 50.2 Å². The molecule has 0 bridgehead atoms. The van der Waals surface area contributed by atoms with Crippen molar-refractivity contribution in [3.63, 3.8) is 0 Å². The summed E-state index contributed by atoms with van der Waals surface area (Å²) in [5, 5.41) is -15.9. The van der Waals surface area contributed by atoms with E-state index in [4.69, 9.17) is 121 Å². The first-order chi connectivity index (χ1) is 21.6. The van der Waals surface area contributed by atoms with Gasteiger partial charge in [-0.1, -0.05) is 140 Å². The van der Waals surface area contributed by atoms with Crippen molar-refractivity contribution < 1.29 is 52.8 Å². The molecule has 0 aliphatic heterocycles. The van der Waals surface area contributed by atoms with E-state index in [-0.39, 0.29) is 54.7 Å². The van der Waals surface area contributed by atoms with Gasteiger partial charge in [-0.15, -0.1) is 0 Å². The predicted molar refractivity (Wildman–Crippen MR) is 176 cm³/mol. The fourth-order valence-electron chi connectivity index (χ4n) is 2.92. The lowest BCUT2D eigenvalue weighted by Crippen LogP contribution is -2.55. The standard InChI is InChI=1S/C22H4Cl10F8O4S4/c23-4-1-5(24)11(28)16(10(4)27)45-8-2-6(25)12(29)17(14(8)31)46-9-3-7(26)13(30)18(15(9)32)47-21(37,38)19(33,34)44-20(35,36)22(39,40)48(41,42)43/h1-3H,(H,41,42,43). The Hall–Kier alpha value is 0.920. The molecular weight excluding hydrogens is 963 g/mol. The van der Waals surface area contributed by atoms with Crippen LogP contribution in [0.5, 0.6) is 0 Å². The van der Waals surface area contributed by atoms with Crippen molar-refractivity contribution in [3.05, 3.63) is 68.4 Å². The summed E-state index contributed by atoms with van der Waals surface area (Å²) in [6.45, 7) is 0. The van der Waals surface area contributed by atoms with Gasteiger partial charge >= 0.3 is 32.8 Å². The van der Waals surface area contributed by atoms with E-state index in [1.165, 1.54) is 12.1 Å². The number of alkyl halides is 8. The van der Waals surface area contributed by atoms with Crippen molar-refractivity contribution in [2.45, 2.75) is 47.2 Å². The Morgan fingerprint density at radius 3 is 1.27 bits per heavy atom. The minimum atomic E-state index is -7.14. The topological polar surface area (TPSA) is 63.6 Å². The monoisotopic (exact) mass is 962 g/mol. The Morgan fingerprint density at radius 2 is 0.875 bits per heavy atom. The van der Waals surface area contributed by atoms with E-state index in [0.717, 1.165) is 17.8 Å². The molecule has 0 unspecified atom stereocenters. The molecule has 3 aromatic rings. The van der Waals surface area contributed by atoms with Gasteiger partial charge in [0.25, 0.3) is 0 Å². The first-order valence-corrected chi connectivity index (χ1v) is 18.7. The van der Waals surface area contributed by atoms with Gasteiger partial charge in [0.2, 0.25) is 0 Å². The third-order valence-electron chi connectivity index (χ3n) is 5.15. The molecule has 0 fully saturated rings. The summed E-state index contributed by atoms with van der Waals surface area (Å²) in [5.41, 5.74) is 0. The summed E-state index contributed by atoms with van der Waals surface area (Å²) in [5.74, 6) is 0. The molecule has 266 valence electrons. The summed E-state index contributed by atoms with van der Waals surface area (Å²) in [6, 6.07) is 3.47. The summed E-state index contributed by atoms with van der Waals surface area (Å²) in [6.07, 6.45) is -13.5. The van der Waals surface area contributed by atoms with Gasteiger partial charge in [0.15, 0.2) is 0 Å². The van der Waals surface area contributed by atoms with Gasteiger partial charge in [-0.05, 0) is 30.0 Å². The highest BCUT2D eigenvalue weighted by atomic mass is 35.5. The van der Waals surface area contributed by atoms with Crippen LogP contribution in [-0.2, 0) is 14.9 Å². The molecule has 0 aliphatic rings. The van der Waals surface area contributed by atoms with Gasteiger partial charge in [-0.25, -0.2) is 4.74 Å². The van der Waals surface area contributed by atoms with Gasteiger partial charge in [-0.2, -0.15) is 43.5 Å². The highest BCUT2D eigenvalue weighted by molar-refractivity contribution is 8.01. The van der Waals surface area contributed by atoms with Gasteiger partial charge in [0.05, 0.1) is 64.9 Å². The SMILES string of the molecule is O=S(=O)(O)C(F)(F)C(F)(F)OC(F)(F)C(F)(F)Sc1c(Cl)c(Cl)cc(Sc2c(Cl)c(Cl)cc(Sc3c(Cl)c(Cl)cc(Cl)c3Cl)c2Cl)c1Cl. The Morgan fingerprint density at radius 1 is 0.542 bits per heavy atom. The van der Waals surface area contributed by atoms with Crippen molar-refractivity contribution in [1.29, 1.82) is 0 Å². The number of hydrogen-bond donors (Lipinski definition) is 1. The third kappa shape index (κ3) is 8.65. The van der Waals surface area contributed by atoms with E-state index in [9.17, 15) is 43.5 Å². The van der Waals surface area contributed by atoms with E-state index in [1.54, 1.807) is 0 Å². The molecule has 4 nitrogen and oxygen atoms in total. The second-order valence-corrected chi connectivity index (χ2v) is 17.0. The van der Waals surface area contributed by atoms with Crippen molar-refractivity contribution in [2.24, 2.45) is 0 Å². The quantitative estimate of drug-likeness (QED) is 0.0889. The second-order valence-electron chi connectivity index (χ2n) is 8.37. The highest BCUT2D eigenvalue weighted by Gasteiger charge is 2.74. The molecule has 0 radical (unpaired) electrons. The number of rotatable bonds is 11. The van der Waals surface area contributed by atoms with Crippen LogP contribution in [0, 0.1) is 0 Å². The van der Waals surface area contributed by atoms with Crippen LogP contribution in [0.25, 0.3) is 0 Å². The average Bonchev–Trinajstić information content (AvgIpc) is 2.94. The molecule has 0 atom stereocenters. The largest absolute Gasteiger partial charge is 0.460 e. The van der Waals surface area contributed by atoms with Crippen LogP contribution in [0.3, 0.4) is 0 Å². The van der Waals surface area contributed by atoms with Crippen LogP contribution < -0.4 is 0 Å². The maximum Gasteiger partial charge on any atom is 0.460 e. The lowest BCUT2D eigenvalue weighted by atomic mass is 10.3. The maximum atomic E-state index is 14.7. The second kappa shape index (κ2) is 15.3. The van der Waals surface area contributed by atoms with E-state index in [2.05, 4.69) is 4.74 Å². The van der Waals surface area contributed by atoms with Crippen LogP contribution in [0.1, 0.15) is 0 Å². The fraction of sp³-hybridized carbons (Fsp3) is 0.182. The maximum absolute atomic E-state index is 14.7. The summed E-state index contributed by atoms with van der Waals surface area (Å²) in [4.78, 5) is -1.56. The Kier molecular flexibility index (Phi) is 13.8. The molecule has 3 aromatic carbocycles. The van der Waals surface area contributed by atoms with Crippen molar-refractivity contribution >= 4 is 161 Å². The van der Waals surface area contributed by atoms with Gasteiger partial charge < -0.3 is 0 Å². The van der Waals surface area contributed by atoms with E-state index < -0.39 is 64.6 Å². The Labute approximate surface area is 326 Å². The van der Waals surface area contributed by atoms with Gasteiger partial charge in [0, 0.05) is 9.79 Å². The molecule has 0 spiro atoms. The summed E-state index contributed by atoms with van der Waals surface area (Å²) >= 11 is 61.7. The fourth-order valence-corrected chi connectivity index (χ4v) is 9.37. The number of benzene rings is 3. The minimum absolute atomic E-state index is 0.00982. The molecule has 0 amide bonds. The van der Waals surface area contributed by atoms with Crippen LogP contribution in [-0.4, -0.2) is 35.7 Å². The Balaban J connectivity index is 2.08. The number of thioether (sulfide) groups is 1. The normalized spacial score (nSPS) is 13.4. The number of halogens is 18. The van der Waals surface area contributed by atoms with E-state index in [0.29, 0.717) is 11.8 Å². The molecule has 0 saturated carbocycles. The van der Waals surface area contributed by atoms with Gasteiger partial charge in [-0.3, -0.25) is 4.55 Å². The number of hydrogen-bond acceptors (Lipinski definition) is 6. The predicted octanol–water partition coefficient (Wildman–Crippen LogP) is 14.9. The van der Waals surface area contributed by atoms with Crippen LogP contribution >= 0.6 is 151 Å². The van der Waals surface area contributed by atoms with E-state index >= 15 is 0 Å². The molecule has 48 heavy (non-hydrogen) atoms. The van der Waals surface area contributed by atoms with Crippen LogP contribution in [0.4, 0.5) is 35.1 Å². The van der Waals surface area contributed by atoms with Crippen molar-refractivity contribution in [2.75, 3.05) is 0 Å². The lowest BCUT2D eigenvalue weighted by Gasteiger charge is -2.31. The summed E-state index contributed by atoms with van der Waals surface area (Å²) < 4.78 is 144. The summed E-state index contributed by atoms with van der Waals surface area (Å²) in [7, 11) is -7.14. The minimum Gasteiger partial charge on any atom is -0.281 e. The first-order valence-electron chi connectivity index (χ1n) is 11.0. The van der Waals surface area contributed by atoms with Gasteiger partial charge in [0.1, 0.15) is 0 Å². The Bertz CT molecular complexity index is 1880. The zero-order chi connectivity index (χ0) is 37.1.